The van der Waals surface area contributed by atoms with Crippen LogP contribution >= 0.6 is 11.6 Å². The highest BCUT2D eigenvalue weighted by atomic mass is 35.5. The number of carbonyl (C=O) groups is 1. The Morgan fingerprint density at radius 3 is 2.71 bits per heavy atom. The molecule has 41 heavy (non-hydrogen) atoms. The summed E-state index contributed by atoms with van der Waals surface area (Å²) in [4.78, 5) is 20.2. The van der Waals surface area contributed by atoms with E-state index in [0.29, 0.717) is 29.5 Å². The number of likely N-dealkylation sites (tertiary alicyclic amines) is 1. The summed E-state index contributed by atoms with van der Waals surface area (Å²) >= 11 is 6.04. The number of hydrogen-bond acceptors (Lipinski definition) is 6. The van der Waals surface area contributed by atoms with Crippen molar-refractivity contribution in [1.82, 2.24) is 9.88 Å². The summed E-state index contributed by atoms with van der Waals surface area (Å²) in [6.45, 7) is 2.50. The number of aliphatic hydroxyl groups is 1. The van der Waals surface area contributed by atoms with Gasteiger partial charge in [0.1, 0.15) is 17.8 Å². The Kier molecular flexibility index (Phi) is 8.42. The molecule has 1 saturated heterocycles. The lowest BCUT2D eigenvalue weighted by atomic mass is 9.84. The number of fused-ring (bicyclic) bond motifs is 2. The number of aromatic nitrogens is 1. The third-order valence-corrected chi connectivity index (χ3v) is 8.99. The summed E-state index contributed by atoms with van der Waals surface area (Å²) < 4.78 is 12.2. The van der Waals surface area contributed by atoms with Crippen molar-refractivity contribution in [2.24, 2.45) is 5.92 Å². The summed E-state index contributed by atoms with van der Waals surface area (Å²) in [5, 5.41) is 11.9. The Morgan fingerprint density at radius 2 is 1.93 bits per heavy atom. The molecule has 3 heterocycles. The predicted octanol–water partition coefficient (Wildman–Crippen LogP) is 6.76. The van der Waals surface area contributed by atoms with Crippen molar-refractivity contribution in [3.05, 3.63) is 100 Å². The fourth-order valence-electron chi connectivity index (χ4n) is 6.30. The second kappa shape index (κ2) is 12.4. The molecule has 1 atom stereocenters. The van der Waals surface area contributed by atoms with Crippen molar-refractivity contribution in [2.45, 2.75) is 63.1 Å². The van der Waals surface area contributed by atoms with E-state index in [2.05, 4.69) is 22.0 Å². The van der Waals surface area contributed by atoms with Gasteiger partial charge in [0, 0.05) is 42.0 Å². The largest absolute Gasteiger partial charge is 0.462 e. The molecule has 1 aromatic heterocycles. The Morgan fingerprint density at radius 1 is 1.15 bits per heavy atom. The molecule has 1 aromatic carbocycles. The van der Waals surface area contributed by atoms with Gasteiger partial charge >= 0.3 is 5.97 Å². The SMILES string of the molecule is O=C(OC1CCCCC1)C1C=CC=C2Oc3ncccc3C(=CCCN3CCC(O)(c4ccc(Cl)cc4)CC3)C=C21. The number of halogens is 1. The van der Waals surface area contributed by atoms with Crippen LogP contribution in [0.2, 0.25) is 5.02 Å². The molecule has 7 heteroatoms. The first kappa shape index (κ1) is 28.0. The zero-order valence-corrected chi connectivity index (χ0v) is 24.1. The van der Waals surface area contributed by atoms with Crippen LogP contribution in [0.25, 0.3) is 5.57 Å². The molecule has 214 valence electrons. The molecule has 1 unspecified atom stereocenters. The first-order valence-corrected chi connectivity index (χ1v) is 15.2. The Bertz CT molecular complexity index is 1380. The number of rotatable bonds is 6. The van der Waals surface area contributed by atoms with Gasteiger partial charge in [0.05, 0.1) is 5.60 Å². The van der Waals surface area contributed by atoms with Crippen molar-refractivity contribution >= 4 is 23.1 Å². The molecular weight excluding hydrogens is 536 g/mol. The van der Waals surface area contributed by atoms with Gasteiger partial charge in [0.2, 0.25) is 5.88 Å². The topological polar surface area (TPSA) is 71.9 Å². The maximum absolute atomic E-state index is 13.3. The number of benzene rings is 1. The van der Waals surface area contributed by atoms with Gasteiger partial charge in [0.25, 0.3) is 0 Å². The van der Waals surface area contributed by atoms with E-state index in [-0.39, 0.29) is 12.1 Å². The average Bonchev–Trinajstić information content (AvgIpc) is 3.15. The average molecular weight is 573 g/mol. The Balaban J connectivity index is 1.16. The molecule has 2 aliphatic heterocycles. The van der Waals surface area contributed by atoms with Crippen LogP contribution in [0.5, 0.6) is 5.88 Å². The van der Waals surface area contributed by atoms with E-state index >= 15 is 0 Å². The standard InChI is InChI=1S/C34H37ClN2O4/c35-26-15-13-25(14-16-26)34(39)17-21-37(22-18-34)20-6-7-24-23-30-29(33(38)40-27-8-2-1-3-9-27)10-4-12-31(30)41-32-28(24)11-5-19-36-32/h4-5,7,10-16,19,23,27,29,39H,1-3,6,8-9,17-18,20-22H2. The number of esters is 1. The van der Waals surface area contributed by atoms with Crippen molar-refractivity contribution in [1.29, 1.82) is 0 Å². The van der Waals surface area contributed by atoms with Crippen molar-refractivity contribution in [3.8, 4) is 5.88 Å². The van der Waals surface area contributed by atoms with E-state index in [4.69, 9.17) is 21.1 Å². The number of hydrogen-bond donors (Lipinski definition) is 1. The molecule has 1 saturated carbocycles. The molecule has 6 rings (SSSR count). The zero-order valence-electron chi connectivity index (χ0n) is 23.3. The second-order valence-corrected chi connectivity index (χ2v) is 11.9. The molecule has 4 aliphatic rings. The fraction of sp³-hybridized carbons (Fsp3) is 0.412. The first-order chi connectivity index (χ1) is 20.0. The normalized spacial score (nSPS) is 23.5. The number of ether oxygens (including phenoxy) is 2. The third-order valence-electron chi connectivity index (χ3n) is 8.73. The Labute approximate surface area is 247 Å². The number of piperidine rings is 1. The van der Waals surface area contributed by atoms with E-state index in [1.807, 2.05) is 54.6 Å². The number of pyridine rings is 1. The van der Waals surface area contributed by atoms with Crippen molar-refractivity contribution in [3.63, 3.8) is 0 Å². The molecule has 2 aromatic rings. The smallest absolute Gasteiger partial charge is 0.317 e. The summed E-state index contributed by atoms with van der Waals surface area (Å²) in [5.41, 5.74) is 2.83. The summed E-state index contributed by atoms with van der Waals surface area (Å²) in [7, 11) is 0. The number of carbonyl (C=O) groups excluding carboxylic acids is 1. The van der Waals surface area contributed by atoms with Gasteiger partial charge in [-0.15, -0.1) is 0 Å². The third kappa shape index (κ3) is 6.35. The van der Waals surface area contributed by atoms with E-state index in [9.17, 15) is 9.90 Å². The molecule has 0 spiro atoms. The lowest BCUT2D eigenvalue weighted by Crippen LogP contribution is -2.42. The van der Waals surface area contributed by atoms with Crippen molar-refractivity contribution in [2.75, 3.05) is 19.6 Å². The summed E-state index contributed by atoms with van der Waals surface area (Å²) in [6, 6.07) is 11.5. The molecular formula is C34H37ClN2O4. The van der Waals surface area contributed by atoms with Gasteiger partial charge < -0.3 is 19.5 Å². The van der Waals surface area contributed by atoms with Crippen LogP contribution in [0.3, 0.4) is 0 Å². The van der Waals surface area contributed by atoms with E-state index in [1.54, 1.807) is 6.20 Å². The van der Waals surface area contributed by atoms with Crippen LogP contribution in [0, 0.1) is 5.92 Å². The highest BCUT2D eigenvalue weighted by Gasteiger charge is 2.34. The fourth-order valence-corrected chi connectivity index (χ4v) is 6.42. The van der Waals surface area contributed by atoms with Gasteiger partial charge in [-0.3, -0.25) is 4.79 Å². The van der Waals surface area contributed by atoms with Gasteiger partial charge in [-0.1, -0.05) is 48.4 Å². The predicted molar refractivity (Wildman–Crippen MR) is 160 cm³/mol. The minimum Gasteiger partial charge on any atom is -0.462 e. The van der Waals surface area contributed by atoms with E-state index in [0.717, 1.165) is 74.0 Å². The van der Waals surface area contributed by atoms with Gasteiger partial charge in [-0.25, -0.2) is 4.98 Å². The van der Waals surface area contributed by atoms with Crippen LogP contribution in [0.4, 0.5) is 0 Å². The molecule has 2 aliphatic carbocycles. The molecule has 1 N–H and O–H groups in total. The summed E-state index contributed by atoms with van der Waals surface area (Å²) in [5.74, 6) is 0.451. The van der Waals surface area contributed by atoms with Crippen LogP contribution < -0.4 is 4.74 Å². The highest BCUT2D eigenvalue weighted by Crippen LogP contribution is 2.39. The van der Waals surface area contributed by atoms with Crippen LogP contribution in [0.15, 0.2) is 84.3 Å². The maximum atomic E-state index is 13.3. The Hall–Kier alpha value is -3.19. The van der Waals surface area contributed by atoms with Gasteiger partial charge in [-0.2, -0.15) is 0 Å². The number of nitrogens with zero attached hydrogens (tertiary/aromatic N) is 2. The van der Waals surface area contributed by atoms with Crippen LogP contribution in [0.1, 0.15) is 62.5 Å². The van der Waals surface area contributed by atoms with Crippen LogP contribution in [-0.2, 0) is 15.1 Å². The molecule has 2 fully saturated rings. The molecule has 6 nitrogen and oxygen atoms in total. The second-order valence-electron chi connectivity index (χ2n) is 11.5. The van der Waals surface area contributed by atoms with E-state index < -0.39 is 11.5 Å². The lowest BCUT2D eigenvalue weighted by Gasteiger charge is -2.38. The maximum Gasteiger partial charge on any atom is 0.317 e. The molecule has 0 radical (unpaired) electrons. The van der Waals surface area contributed by atoms with Crippen molar-refractivity contribution < 1.29 is 19.4 Å². The zero-order chi connectivity index (χ0) is 28.2. The molecule has 0 bridgehead atoms. The quantitative estimate of drug-likeness (QED) is 0.386. The van der Waals surface area contributed by atoms with Gasteiger partial charge in [0.15, 0.2) is 0 Å². The highest BCUT2D eigenvalue weighted by molar-refractivity contribution is 6.30. The van der Waals surface area contributed by atoms with Crippen LogP contribution in [-0.4, -0.2) is 46.7 Å². The van der Waals surface area contributed by atoms with Gasteiger partial charge in [-0.05, 0) is 92.5 Å². The monoisotopic (exact) mass is 572 g/mol. The molecule has 0 amide bonds. The summed E-state index contributed by atoms with van der Waals surface area (Å²) in [6.07, 6.45) is 19.2. The number of allylic oxidation sites excluding steroid dienone is 5. The minimum absolute atomic E-state index is 0.00192. The minimum atomic E-state index is -0.814. The lowest BCUT2D eigenvalue weighted by molar-refractivity contribution is -0.152. The first-order valence-electron chi connectivity index (χ1n) is 14.8. The van der Waals surface area contributed by atoms with E-state index in [1.165, 1.54) is 6.42 Å².